The van der Waals surface area contributed by atoms with E-state index in [-0.39, 0.29) is 5.54 Å². The van der Waals surface area contributed by atoms with Crippen molar-refractivity contribution < 1.29 is 0 Å². The third-order valence-electron chi connectivity index (χ3n) is 3.70. The predicted octanol–water partition coefficient (Wildman–Crippen LogP) is 3.42. The Morgan fingerprint density at radius 2 is 2.37 bits per heavy atom. The number of thiazole rings is 1. The number of rotatable bonds is 3. The first-order chi connectivity index (χ1) is 9.24. The Kier molecular flexibility index (Phi) is 3.48. The maximum atomic E-state index is 9.28. The number of benzene rings is 1. The molecule has 1 aliphatic carbocycles. The normalized spacial score (nSPS) is 26.6. The molecular weight excluding hydrogens is 274 g/mol. The van der Waals surface area contributed by atoms with E-state index in [1.165, 1.54) is 4.70 Å². The Labute approximate surface area is 121 Å². The molecular formula is C14H15N3S2. The second-order valence-electron chi connectivity index (χ2n) is 4.87. The van der Waals surface area contributed by atoms with Crippen molar-refractivity contribution in [3.63, 3.8) is 0 Å². The summed E-state index contributed by atoms with van der Waals surface area (Å²) in [6.07, 6.45) is 2.91. The molecule has 3 rings (SSSR count). The van der Waals surface area contributed by atoms with Gasteiger partial charge in [0, 0.05) is 5.25 Å². The average Bonchev–Trinajstić information content (AvgIpc) is 3.03. The van der Waals surface area contributed by atoms with Crippen LogP contribution in [-0.2, 0) is 0 Å². The minimum absolute atomic E-state index is 0.325. The number of nitriles is 1. The summed E-state index contributed by atoms with van der Waals surface area (Å²) < 4.78 is 2.36. The molecule has 1 fully saturated rings. The smallest absolute Gasteiger partial charge is 0.151 e. The van der Waals surface area contributed by atoms with Gasteiger partial charge in [0.1, 0.15) is 5.54 Å². The Balaban J connectivity index is 1.74. The predicted molar refractivity (Wildman–Crippen MR) is 80.5 cm³/mol. The number of thioether (sulfide) groups is 1. The molecule has 0 saturated heterocycles. The van der Waals surface area contributed by atoms with Gasteiger partial charge in [-0.25, -0.2) is 4.98 Å². The van der Waals surface area contributed by atoms with Crippen molar-refractivity contribution in [1.29, 1.82) is 5.26 Å². The van der Waals surface area contributed by atoms with Gasteiger partial charge in [0.25, 0.3) is 0 Å². The minimum Gasteiger partial charge on any atom is -0.302 e. The van der Waals surface area contributed by atoms with E-state index in [1.54, 1.807) is 11.3 Å². The quantitative estimate of drug-likeness (QED) is 0.940. The summed E-state index contributed by atoms with van der Waals surface area (Å²) in [7, 11) is 1.88. The topological polar surface area (TPSA) is 48.7 Å². The fourth-order valence-electron chi connectivity index (χ4n) is 2.53. The summed E-state index contributed by atoms with van der Waals surface area (Å²) >= 11 is 3.57. The summed E-state index contributed by atoms with van der Waals surface area (Å²) in [5.41, 5.74) is 0.752. The lowest BCUT2D eigenvalue weighted by molar-refractivity contribution is 0.464. The molecule has 0 aliphatic heterocycles. The van der Waals surface area contributed by atoms with Gasteiger partial charge in [-0.15, -0.1) is 11.3 Å². The van der Waals surface area contributed by atoms with Gasteiger partial charge >= 0.3 is 0 Å². The number of nitrogens with one attached hydrogen (secondary N) is 1. The van der Waals surface area contributed by atoms with Crippen molar-refractivity contribution in [3.05, 3.63) is 24.3 Å². The Morgan fingerprint density at radius 1 is 1.53 bits per heavy atom. The molecule has 3 nitrogen and oxygen atoms in total. The largest absolute Gasteiger partial charge is 0.302 e. The van der Waals surface area contributed by atoms with E-state index in [2.05, 4.69) is 28.5 Å². The van der Waals surface area contributed by atoms with Crippen LogP contribution in [0.5, 0.6) is 0 Å². The SMILES string of the molecule is CNC1(C#N)CCC(Sc2nc3ccccc3s2)C1. The second kappa shape index (κ2) is 5.12. The molecule has 19 heavy (non-hydrogen) atoms. The summed E-state index contributed by atoms with van der Waals surface area (Å²) in [6.45, 7) is 0. The van der Waals surface area contributed by atoms with Crippen LogP contribution in [0, 0.1) is 11.3 Å². The fraction of sp³-hybridized carbons (Fsp3) is 0.429. The lowest BCUT2D eigenvalue weighted by Crippen LogP contribution is -2.38. The number of aromatic nitrogens is 1. The van der Waals surface area contributed by atoms with Gasteiger partial charge in [0.2, 0.25) is 0 Å². The summed E-state index contributed by atoms with van der Waals surface area (Å²) in [4.78, 5) is 4.65. The van der Waals surface area contributed by atoms with Crippen molar-refractivity contribution in [2.75, 3.05) is 7.05 Å². The molecule has 1 saturated carbocycles. The second-order valence-corrected chi connectivity index (χ2v) is 7.45. The van der Waals surface area contributed by atoms with E-state index in [1.807, 2.05) is 30.9 Å². The van der Waals surface area contributed by atoms with Gasteiger partial charge in [-0.3, -0.25) is 0 Å². The van der Waals surface area contributed by atoms with Crippen LogP contribution in [0.1, 0.15) is 19.3 Å². The van der Waals surface area contributed by atoms with Crippen LogP contribution in [0.2, 0.25) is 0 Å². The van der Waals surface area contributed by atoms with Crippen molar-refractivity contribution in [2.45, 2.75) is 34.4 Å². The van der Waals surface area contributed by atoms with Gasteiger partial charge in [0.05, 0.1) is 16.3 Å². The molecule has 98 valence electrons. The zero-order valence-electron chi connectivity index (χ0n) is 10.7. The van der Waals surface area contributed by atoms with Gasteiger partial charge in [-0.05, 0) is 38.4 Å². The molecule has 1 heterocycles. The summed E-state index contributed by atoms with van der Waals surface area (Å²) in [5.74, 6) is 0. The van der Waals surface area contributed by atoms with Gasteiger partial charge in [-0.1, -0.05) is 23.9 Å². The van der Waals surface area contributed by atoms with E-state index >= 15 is 0 Å². The molecule has 1 N–H and O–H groups in total. The Morgan fingerprint density at radius 3 is 3.05 bits per heavy atom. The summed E-state index contributed by atoms with van der Waals surface area (Å²) in [5, 5.41) is 13.0. The monoisotopic (exact) mass is 289 g/mol. The standard InChI is InChI=1S/C14H15N3S2/c1-16-14(9-15)7-6-10(8-14)18-13-17-11-4-2-3-5-12(11)19-13/h2-5,10,16H,6-8H2,1H3. The first kappa shape index (κ1) is 12.9. The lowest BCUT2D eigenvalue weighted by atomic mass is 10.0. The number of para-hydroxylation sites is 1. The molecule has 1 aromatic heterocycles. The number of hydrogen-bond acceptors (Lipinski definition) is 5. The minimum atomic E-state index is -0.325. The number of nitrogens with zero attached hydrogens (tertiary/aromatic N) is 2. The van der Waals surface area contributed by atoms with E-state index in [0.717, 1.165) is 29.1 Å². The summed E-state index contributed by atoms with van der Waals surface area (Å²) in [6, 6.07) is 10.7. The molecule has 2 unspecified atom stereocenters. The van der Waals surface area contributed by atoms with Crippen LogP contribution in [-0.4, -0.2) is 22.8 Å². The molecule has 0 bridgehead atoms. The molecule has 5 heteroatoms. The molecule has 2 atom stereocenters. The highest BCUT2D eigenvalue weighted by molar-refractivity contribution is 8.01. The Bertz CT molecular complexity index is 598. The molecule has 0 amide bonds. The van der Waals surface area contributed by atoms with E-state index in [4.69, 9.17) is 0 Å². The molecule has 0 spiro atoms. The van der Waals surface area contributed by atoms with Crippen LogP contribution in [0.25, 0.3) is 10.2 Å². The van der Waals surface area contributed by atoms with Gasteiger partial charge in [0.15, 0.2) is 4.34 Å². The fourth-order valence-corrected chi connectivity index (χ4v) is 5.14. The third kappa shape index (κ3) is 2.48. The Hall–Kier alpha value is -1.09. The highest BCUT2D eigenvalue weighted by atomic mass is 32.2. The van der Waals surface area contributed by atoms with E-state index < -0.39 is 0 Å². The molecule has 1 aromatic carbocycles. The third-order valence-corrected chi connectivity index (χ3v) is 6.10. The maximum Gasteiger partial charge on any atom is 0.151 e. The van der Waals surface area contributed by atoms with Crippen LogP contribution in [0.3, 0.4) is 0 Å². The van der Waals surface area contributed by atoms with Crippen LogP contribution in [0.15, 0.2) is 28.6 Å². The van der Waals surface area contributed by atoms with Crippen molar-refractivity contribution in [3.8, 4) is 6.07 Å². The van der Waals surface area contributed by atoms with Gasteiger partial charge < -0.3 is 5.32 Å². The van der Waals surface area contributed by atoms with Crippen LogP contribution < -0.4 is 5.32 Å². The highest BCUT2D eigenvalue weighted by Crippen LogP contribution is 2.41. The van der Waals surface area contributed by atoms with Gasteiger partial charge in [-0.2, -0.15) is 5.26 Å². The zero-order valence-corrected chi connectivity index (χ0v) is 12.4. The van der Waals surface area contributed by atoms with Crippen LogP contribution >= 0.6 is 23.1 Å². The van der Waals surface area contributed by atoms with Crippen molar-refractivity contribution in [1.82, 2.24) is 10.3 Å². The lowest BCUT2D eigenvalue weighted by Gasteiger charge is -2.19. The number of hydrogen-bond donors (Lipinski definition) is 1. The first-order valence-electron chi connectivity index (χ1n) is 6.37. The van der Waals surface area contributed by atoms with Crippen molar-refractivity contribution >= 4 is 33.3 Å². The number of fused-ring (bicyclic) bond motifs is 1. The average molecular weight is 289 g/mol. The first-order valence-corrected chi connectivity index (χ1v) is 8.07. The van der Waals surface area contributed by atoms with Crippen LogP contribution in [0.4, 0.5) is 0 Å². The van der Waals surface area contributed by atoms with E-state index in [0.29, 0.717) is 5.25 Å². The zero-order chi connectivity index (χ0) is 13.3. The molecule has 2 aromatic rings. The van der Waals surface area contributed by atoms with E-state index in [9.17, 15) is 5.26 Å². The molecule has 0 radical (unpaired) electrons. The highest BCUT2D eigenvalue weighted by Gasteiger charge is 2.38. The maximum absolute atomic E-state index is 9.28. The van der Waals surface area contributed by atoms with Crippen molar-refractivity contribution in [2.24, 2.45) is 0 Å². The molecule has 1 aliphatic rings.